The minimum Gasteiger partial charge on any atom is -0.0622 e. The van der Waals surface area contributed by atoms with Gasteiger partial charge in [0.25, 0.3) is 0 Å². The van der Waals surface area contributed by atoms with E-state index in [0.29, 0.717) is 12.2 Å². The Balaban J connectivity index is 0.000000244. The van der Waals surface area contributed by atoms with Crippen molar-refractivity contribution in [3.8, 4) is 0 Å². The predicted molar refractivity (Wildman–Crippen MR) is 110 cm³/mol. The minimum absolute atomic E-state index is 0. The molecule has 0 bridgehead atoms. The van der Waals surface area contributed by atoms with Crippen molar-refractivity contribution in [2.75, 3.05) is 6.61 Å². The van der Waals surface area contributed by atoms with Gasteiger partial charge >= 0.3 is 35.5 Å². The Kier molecular flexibility index (Phi) is 11.1. The molecule has 0 amide bonds. The monoisotopic (exact) mass is 360 g/mol. The van der Waals surface area contributed by atoms with E-state index in [1.807, 2.05) is 18.2 Å². The molecule has 25 heavy (non-hydrogen) atoms. The third-order valence-corrected chi connectivity index (χ3v) is 4.37. The van der Waals surface area contributed by atoms with Crippen molar-refractivity contribution in [3.05, 3.63) is 96.6 Å². The van der Waals surface area contributed by atoms with Gasteiger partial charge in [0.1, 0.15) is 0 Å². The van der Waals surface area contributed by atoms with Gasteiger partial charge < -0.3 is 4.74 Å². The molecule has 0 fully saturated rings. The van der Waals surface area contributed by atoms with Crippen LogP contribution in [0.3, 0.4) is 0 Å². The Morgan fingerprint density at radius 3 is 1.56 bits per heavy atom. The number of esters is 1. The molecule has 0 saturated heterocycles. The molecule has 4 heteroatoms. The zero-order valence-corrected chi connectivity index (χ0v) is 14.7. The van der Waals surface area contributed by atoms with Crippen LogP contribution in [0.1, 0.15) is 17.3 Å². The Morgan fingerprint density at radius 2 is 1.16 bits per heavy atom. The van der Waals surface area contributed by atoms with E-state index in [2.05, 4.69) is 60.7 Å². The zero-order valence-electron chi connectivity index (χ0n) is 13.7. The van der Waals surface area contributed by atoms with Crippen LogP contribution in [-0.2, 0) is 4.74 Å². The SMILES string of the molecule is CCOC(=O)c1ccccc1.[NaH].c1ccc(Pc2ccccc2)cc1. The molecule has 0 heterocycles. The number of hydrogen-bond acceptors (Lipinski definition) is 2. The summed E-state index contributed by atoms with van der Waals surface area (Å²) in [6.45, 7) is 2.22. The van der Waals surface area contributed by atoms with Gasteiger partial charge in [0.15, 0.2) is 0 Å². The molecule has 2 nitrogen and oxygen atoms in total. The van der Waals surface area contributed by atoms with Gasteiger partial charge in [-0.3, -0.25) is 0 Å². The van der Waals surface area contributed by atoms with E-state index < -0.39 is 0 Å². The summed E-state index contributed by atoms with van der Waals surface area (Å²) in [5.41, 5.74) is 0.606. The average molecular weight is 360 g/mol. The predicted octanol–water partition coefficient (Wildman–Crippen LogP) is 3.53. The molecule has 124 valence electrons. The van der Waals surface area contributed by atoms with Crippen LogP contribution in [0.5, 0.6) is 0 Å². The Bertz CT molecular complexity index is 681. The van der Waals surface area contributed by atoms with Crippen molar-refractivity contribution < 1.29 is 9.53 Å². The van der Waals surface area contributed by atoms with Gasteiger partial charge in [-0.1, -0.05) is 87.4 Å². The van der Waals surface area contributed by atoms with Gasteiger partial charge in [-0.05, 0) is 29.7 Å². The molecular formula is C21H22NaO2P. The number of carbonyl (C=O) groups is 1. The van der Waals surface area contributed by atoms with Crippen LogP contribution < -0.4 is 10.6 Å². The van der Waals surface area contributed by atoms with Crippen LogP contribution in [0.2, 0.25) is 0 Å². The molecule has 3 aromatic carbocycles. The minimum atomic E-state index is -0.256. The van der Waals surface area contributed by atoms with Gasteiger partial charge in [0.2, 0.25) is 0 Å². The largest absolute Gasteiger partial charge is 0.0622 e. The topological polar surface area (TPSA) is 26.3 Å². The fourth-order valence-corrected chi connectivity index (χ4v) is 3.05. The Labute approximate surface area is 173 Å². The second-order valence-electron chi connectivity index (χ2n) is 4.94. The molecule has 3 aromatic rings. The van der Waals surface area contributed by atoms with Gasteiger partial charge in [-0.25, -0.2) is 4.79 Å². The number of hydrogen-bond donors (Lipinski definition) is 0. The normalized spacial score (nSPS) is 9.16. The van der Waals surface area contributed by atoms with Crippen molar-refractivity contribution in [2.45, 2.75) is 6.92 Å². The van der Waals surface area contributed by atoms with Gasteiger partial charge in [-0.2, -0.15) is 0 Å². The molecule has 0 aliphatic carbocycles. The molecule has 0 radical (unpaired) electrons. The van der Waals surface area contributed by atoms with E-state index in [-0.39, 0.29) is 35.5 Å². The van der Waals surface area contributed by atoms with Crippen molar-refractivity contribution in [2.24, 2.45) is 0 Å². The van der Waals surface area contributed by atoms with Crippen LogP contribution in [0.25, 0.3) is 0 Å². The quantitative estimate of drug-likeness (QED) is 0.404. The first-order chi connectivity index (χ1) is 11.8. The summed E-state index contributed by atoms with van der Waals surface area (Å²) in [6, 6.07) is 30.1. The average Bonchev–Trinajstić information content (AvgIpc) is 2.65. The van der Waals surface area contributed by atoms with Crippen molar-refractivity contribution in [3.63, 3.8) is 0 Å². The van der Waals surface area contributed by atoms with Crippen molar-refractivity contribution in [1.82, 2.24) is 0 Å². The smallest absolute Gasteiger partial charge is 0.0226 e. The maximum absolute atomic E-state index is 11.0. The summed E-state index contributed by atoms with van der Waals surface area (Å²) < 4.78 is 4.79. The van der Waals surface area contributed by atoms with Crippen LogP contribution in [0, 0.1) is 0 Å². The van der Waals surface area contributed by atoms with E-state index in [4.69, 9.17) is 4.74 Å². The van der Waals surface area contributed by atoms with E-state index in [1.54, 1.807) is 19.1 Å². The summed E-state index contributed by atoms with van der Waals surface area (Å²) in [6.07, 6.45) is 0. The van der Waals surface area contributed by atoms with Crippen LogP contribution in [0.15, 0.2) is 91.0 Å². The summed E-state index contributed by atoms with van der Waals surface area (Å²) in [7, 11) is 0.777. The molecule has 0 aliphatic heterocycles. The van der Waals surface area contributed by atoms with Crippen molar-refractivity contribution in [1.29, 1.82) is 0 Å². The third kappa shape index (κ3) is 8.47. The molecule has 0 unspecified atom stereocenters. The molecule has 0 aliphatic rings. The first-order valence-electron chi connectivity index (χ1n) is 7.89. The first kappa shape index (κ1) is 21.6. The Hall–Kier alpha value is -1.44. The second kappa shape index (κ2) is 12.9. The van der Waals surface area contributed by atoms with Crippen molar-refractivity contribution >= 4 is 54.7 Å². The summed E-state index contributed by atoms with van der Waals surface area (Å²) in [5, 5.41) is 2.79. The van der Waals surface area contributed by atoms with E-state index in [1.165, 1.54) is 10.6 Å². The molecule has 3 rings (SSSR count). The first-order valence-corrected chi connectivity index (χ1v) is 8.89. The van der Waals surface area contributed by atoms with E-state index in [0.717, 1.165) is 8.58 Å². The van der Waals surface area contributed by atoms with Gasteiger partial charge in [0.05, 0.1) is 12.2 Å². The summed E-state index contributed by atoms with van der Waals surface area (Å²) in [5.74, 6) is -0.256. The van der Waals surface area contributed by atoms with Crippen LogP contribution in [0.4, 0.5) is 0 Å². The fraction of sp³-hybridized carbons (Fsp3) is 0.0952. The molecule has 0 N–H and O–H groups in total. The summed E-state index contributed by atoms with van der Waals surface area (Å²) >= 11 is 0. The summed E-state index contributed by atoms with van der Waals surface area (Å²) in [4.78, 5) is 11.0. The van der Waals surface area contributed by atoms with Gasteiger partial charge in [0, 0.05) is 0 Å². The fourth-order valence-electron chi connectivity index (χ4n) is 2.00. The molecule has 0 aromatic heterocycles. The number of carbonyl (C=O) groups excluding carboxylic acids is 1. The standard InChI is InChI=1S/C12H11P.C9H10O2.Na.H/c1-3-7-11(8-4-1)13-12-9-5-2-6-10-12;1-2-11-9(10)8-6-4-3-5-7-8;;/h1-10,13H;3-7H,2H2,1H3;;. The molecular weight excluding hydrogens is 338 g/mol. The molecule has 0 saturated carbocycles. The molecule has 0 spiro atoms. The van der Waals surface area contributed by atoms with Gasteiger partial charge in [-0.15, -0.1) is 0 Å². The Morgan fingerprint density at radius 1 is 0.760 bits per heavy atom. The maximum atomic E-state index is 11.0. The molecule has 0 atom stereocenters. The number of rotatable bonds is 4. The van der Waals surface area contributed by atoms with E-state index >= 15 is 0 Å². The van der Waals surface area contributed by atoms with Crippen LogP contribution >= 0.6 is 8.58 Å². The second-order valence-corrected chi connectivity index (χ2v) is 6.35. The number of benzene rings is 3. The third-order valence-electron chi connectivity index (χ3n) is 3.12. The maximum Gasteiger partial charge on any atom is -0.0226 e. The zero-order chi connectivity index (χ0) is 17.0. The number of ether oxygens (including phenoxy) is 1. The van der Waals surface area contributed by atoms with Crippen LogP contribution in [-0.4, -0.2) is 42.1 Å². The van der Waals surface area contributed by atoms with E-state index in [9.17, 15) is 4.79 Å².